The molecule has 0 aliphatic rings. The average Bonchev–Trinajstić information content (AvgIpc) is 2.50. The number of hydrogen-bond donors (Lipinski definition) is 1. The zero-order valence-corrected chi connectivity index (χ0v) is 12.5. The molecule has 6 nitrogen and oxygen atoms in total. The van der Waals surface area contributed by atoms with E-state index >= 15 is 0 Å². The monoisotopic (exact) mass is 304 g/mol. The van der Waals surface area contributed by atoms with Gasteiger partial charge < -0.3 is 15.4 Å². The summed E-state index contributed by atoms with van der Waals surface area (Å²) >= 11 is 0. The smallest absolute Gasteiger partial charge is 0.330 e. The standard InChI is InChI=1S/C16H20N2O4/c1-2-22-16(21)9-8-15(20)18(11-10-14(17)19)12-13-6-4-3-5-7-13/h3-9H,2,10-12H2,1H3,(H2,17,19)/b9-8+. The summed E-state index contributed by atoms with van der Waals surface area (Å²) in [5.74, 6) is -1.44. The number of amides is 2. The third-order valence-corrected chi connectivity index (χ3v) is 2.80. The third kappa shape index (κ3) is 6.69. The average molecular weight is 304 g/mol. The Morgan fingerprint density at radius 2 is 1.86 bits per heavy atom. The highest BCUT2D eigenvalue weighted by atomic mass is 16.5. The van der Waals surface area contributed by atoms with E-state index in [2.05, 4.69) is 0 Å². The summed E-state index contributed by atoms with van der Waals surface area (Å²) in [6.45, 7) is 2.45. The molecule has 0 heterocycles. The van der Waals surface area contributed by atoms with Crippen LogP contribution in [0.2, 0.25) is 0 Å². The molecule has 1 rings (SSSR count). The van der Waals surface area contributed by atoms with Crippen LogP contribution in [0.15, 0.2) is 42.5 Å². The van der Waals surface area contributed by atoms with E-state index in [4.69, 9.17) is 10.5 Å². The lowest BCUT2D eigenvalue weighted by Gasteiger charge is -2.20. The van der Waals surface area contributed by atoms with Crippen molar-refractivity contribution in [1.82, 2.24) is 4.90 Å². The fourth-order valence-electron chi connectivity index (χ4n) is 1.75. The van der Waals surface area contributed by atoms with Crippen molar-refractivity contribution >= 4 is 17.8 Å². The molecule has 0 unspecified atom stereocenters. The fraction of sp³-hybridized carbons (Fsp3) is 0.312. The van der Waals surface area contributed by atoms with E-state index in [9.17, 15) is 14.4 Å². The van der Waals surface area contributed by atoms with Crippen LogP contribution in [-0.4, -0.2) is 35.8 Å². The minimum Gasteiger partial charge on any atom is -0.463 e. The highest BCUT2D eigenvalue weighted by Gasteiger charge is 2.13. The van der Waals surface area contributed by atoms with Crippen LogP contribution in [-0.2, 0) is 25.7 Å². The van der Waals surface area contributed by atoms with Crippen molar-refractivity contribution in [3.05, 3.63) is 48.0 Å². The molecule has 118 valence electrons. The van der Waals surface area contributed by atoms with Crippen molar-refractivity contribution in [2.24, 2.45) is 5.73 Å². The Bertz CT molecular complexity index is 540. The van der Waals surface area contributed by atoms with Gasteiger partial charge >= 0.3 is 5.97 Å². The zero-order chi connectivity index (χ0) is 16.4. The summed E-state index contributed by atoms with van der Waals surface area (Å²) in [5.41, 5.74) is 6.05. The van der Waals surface area contributed by atoms with E-state index < -0.39 is 11.9 Å². The van der Waals surface area contributed by atoms with Crippen molar-refractivity contribution in [2.75, 3.05) is 13.2 Å². The normalized spacial score (nSPS) is 10.4. The Morgan fingerprint density at radius 3 is 2.45 bits per heavy atom. The van der Waals surface area contributed by atoms with Gasteiger partial charge in [-0.2, -0.15) is 0 Å². The Morgan fingerprint density at radius 1 is 1.18 bits per heavy atom. The van der Waals surface area contributed by atoms with E-state index in [-0.39, 0.29) is 25.5 Å². The molecule has 6 heteroatoms. The largest absolute Gasteiger partial charge is 0.463 e. The lowest BCUT2D eigenvalue weighted by Crippen LogP contribution is -2.32. The van der Waals surface area contributed by atoms with Crippen LogP contribution >= 0.6 is 0 Å². The van der Waals surface area contributed by atoms with Gasteiger partial charge in [-0.1, -0.05) is 30.3 Å². The number of carbonyl (C=O) groups excluding carboxylic acids is 3. The van der Waals surface area contributed by atoms with Gasteiger partial charge in [0, 0.05) is 31.7 Å². The summed E-state index contributed by atoms with van der Waals surface area (Å²) in [5, 5.41) is 0. The minimum absolute atomic E-state index is 0.0613. The second-order valence-electron chi connectivity index (χ2n) is 4.55. The first kappa shape index (κ1) is 17.4. The summed E-state index contributed by atoms with van der Waals surface area (Å²) in [6, 6.07) is 9.35. The molecule has 0 atom stereocenters. The van der Waals surface area contributed by atoms with E-state index in [1.54, 1.807) is 6.92 Å². The molecule has 0 fully saturated rings. The number of rotatable bonds is 8. The van der Waals surface area contributed by atoms with Gasteiger partial charge in [0.2, 0.25) is 11.8 Å². The molecule has 0 radical (unpaired) electrons. The van der Waals surface area contributed by atoms with E-state index in [0.29, 0.717) is 6.54 Å². The molecule has 0 bridgehead atoms. The van der Waals surface area contributed by atoms with Crippen LogP contribution in [0.3, 0.4) is 0 Å². The number of nitrogens with zero attached hydrogens (tertiary/aromatic N) is 1. The van der Waals surface area contributed by atoms with E-state index in [0.717, 1.165) is 17.7 Å². The van der Waals surface area contributed by atoms with Gasteiger partial charge in [0.05, 0.1) is 6.61 Å². The molecule has 0 spiro atoms. The summed E-state index contributed by atoms with van der Waals surface area (Å²) < 4.78 is 4.72. The third-order valence-electron chi connectivity index (χ3n) is 2.80. The van der Waals surface area contributed by atoms with Crippen molar-refractivity contribution in [3.8, 4) is 0 Å². The molecule has 0 aromatic heterocycles. The molecule has 0 saturated heterocycles. The van der Waals surface area contributed by atoms with Crippen molar-refractivity contribution in [2.45, 2.75) is 19.9 Å². The lowest BCUT2D eigenvalue weighted by molar-refractivity contribution is -0.137. The van der Waals surface area contributed by atoms with Gasteiger partial charge in [0.15, 0.2) is 0 Å². The van der Waals surface area contributed by atoms with Gasteiger partial charge in [-0.05, 0) is 12.5 Å². The van der Waals surface area contributed by atoms with E-state index in [1.165, 1.54) is 4.90 Å². The Labute approximate surface area is 129 Å². The van der Waals surface area contributed by atoms with Crippen LogP contribution in [0.4, 0.5) is 0 Å². The van der Waals surface area contributed by atoms with Crippen LogP contribution in [0.1, 0.15) is 18.9 Å². The molecule has 2 amide bonds. The number of hydrogen-bond acceptors (Lipinski definition) is 4. The molecule has 0 saturated carbocycles. The highest BCUT2D eigenvalue weighted by molar-refractivity contribution is 5.94. The second-order valence-corrected chi connectivity index (χ2v) is 4.55. The fourth-order valence-corrected chi connectivity index (χ4v) is 1.75. The first-order valence-electron chi connectivity index (χ1n) is 6.99. The molecule has 22 heavy (non-hydrogen) atoms. The summed E-state index contributed by atoms with van der Waals surface area (Å²) in [6.07, 6.45) is 2.28. The quantitative estimate of drug-likeness (QED) is 0.573. The van der Waals surface area contributed by atoms with Crippen LogP contribution in [0.5, 0.6) is 0 Å². The Balaban J connectivity index is 2.73. The van der Waals surface area contributed by atoms with Crippen molar-refractivity contribution in [3.63, 3.8) is 0 Å². The molecule has 1 aromatic carbocycles. The molecular weight excluding hydrogens is 284 g/mol. The van der Waals surface area contributed by atoms with Gasteiger partial charge in [0.25, 0.3) is 0 Å². The van der Waals surface area contributed by atoms with Crippen LogP contribution < -0.4 is 5.73 Å². The number of ether oxygens (including phenoxy) is 1. The maximum atomic E-state index is 12.1. The molecule has 1 aromatic rings. The van der Waals surface area contributed by atoms with Crippen LogP contribution in [0.25, 0.3) is 0 Å². The minimum atomic E-state index is -0.578. The Hall–Kier alpha value is -2.63. The highest BCUT2D eigenvalue weighted by Crippen LogP contribution is 2.06. The number of carbonyl (C=O) groups is 3. The predicted octanol–water partition coefficient (Wildman–Crippen LogP) is 1.01. The molecule has 2 N–H and O–H groups in total. The van der Waals surface area contributed by atoms with Gasteiger partial charge in [-0.25, -0.2) is 4.79 Å². The number of primary amides is 1. The molecule has 0 aliphatic heterocycles. The second kappa shape index (κ2) is 9.33. The summed E-state index contributed by atoms with van der Waals surface area (Å²) in [7, 11) is 0. The SMILES string of the molecule is CCOC(=O)/C=C/C(=O)N(CCC(N)=O)Cc1ccccc1. The molecule has 0 aliphatic carbocycles. The van der Waals surface area contributed by atoms with Crippen molar-refractivity contribution in [1.29, 1.82) is 0 Å². The first-order valence-corrected chi connectivity index (χ1v) is 6.99. The number of nitrogens with two attached hydrogens (primary N) is 1. The summed E-state index contributed by atoms with van der Waals surface area (Å²) in [4.78, 5) is 35.8. The van der Waals surface area contributed by atoms with Gasteiger partial charge in [-0.3, -0.25) is 9.59 Å². The lowest BCUT2D eigenvalue weighted by atomic mass is 10.2. The molecular formula is C16H20N2O4. The van der Waals surface area contributed by atoms with E-state index in [1.807, 2.05) is 30.3 Å². The predicted molar refractivity (Wildman–Crippen MR) is 81.4 cm³/mol. The first-order chi connectivity index (χ1) is 10.5. The van der Waals surface area contributed by atoms with Crippen molar-refractivity contribution < 1.29 is 19.1 Å². The topological polar surface area (TPSA) is 89.7 Å². The number of esters is 1. The number of benzene rings is 1. The maximum Gasteiger partial charge on any atom is 0.330 e. The maximum absolute atomic E-state index is 12.1. The van der Waals surface area contributed by atoms with Gasteiger partial charge in [-0.15, -0.1) is 0 Å². The zero-order valence-electron chi connectivity index (χ0n) is 12.5. The van der Waals surface area contributed by atoms with Gasteiger partial charge in [0.1, 0.15) is 0 Å². The Kier molecular flexibility index (Phi) is 7.39. The van der Waals surface area contributed by atoms with Crippen LogP contribution in [0, 0.1) is 0 Å².